The summed E-state index contributed by atoms with van der Waals surface area (Å²) in [6.45, 7) is 4.58. The van der Waals surface area contributed by atoms with E-state index in [1.54, 1.807) is 11.9 Å². The van der Waals surface area contributed by atoms with Gasteiger partial charge in [0.2, 0.25) is 11.8 Å². The van der Waals surface area contributed by atoms with Crippen LogP contribution in [-0.4, -0.2) is 84.5 Å². The highest BCUT2D eigenvalue weighted by molar-refractivity contribution is 5.89. The Labute approximate surface area is 114 Å². The molecule has 19 heavy (non-hydrogen) atoms. The number of rotatable bonds is 3. The lowest BCUT2D eigenvalue weighted by Gasteiger charge is -2.24. The highest BCUT2D eigenvalue weighted by Gasteiger charge is 2.35. The molecule has 0 bridgehead atoms. The lowest BCUT2D eigenvalue weighted by Crippen LogP contribution is -2.40. The van der Waals surface area contributed by atoms with Crippen molar-refractivity contribution in [2.75, 3.05) is 52.9 Å². The van der Waals surface area contributed by atoms with E-state index < -0.39 is 0 Å². The third kappa shape index (κ3) is 3.45. The maximum atomic E-state index is 12.4. The van der Waals surface area contributed by atoms with Crippen molar-refractivity contribution < 1.29 is 14.7 Å². The van der Waals surface area contributed by atoms with Crippen LogP contribution in [0, 0.1) is 5.92 Å². The molecule has 0 aromatic heterocycles. The molecule has 2 rings (SSSR count). The molecule has 1 N–H and O–H groups in total. The van der Waals surface area contributed by atoms with Crippen LogP contribution in [0.15, 0.2) is 0 Å². The Balaban J connectivity index is 1.88. The maximum absolute atomic E-state index is 12.4. The molecule has 2 aliphatic heterocycles. The van der Waals surface area contributed by atoms with E-state index in [4.69, 9.17) is 5.11 Å². The van der Waals surface area contributed by atoms with Crippen molar-refractivity contribution in [1.82, 2.24) is 14.7 Å². The van der Waals surface area contributed by atoms with Gasteiger partial charge < -0.3 is 14.9 Å². The first-order valence-electron chi connectivity index (χ1n) is 6.97. The first-order chi connectivity index (χ1) is 9.11. The van der Waals surface area contributed by atoms with Crippen molar-refractivity contribution in [3.63, 3.8) is 0 Å². The normalized spacial score (nSPS) is 25.8. The number of hydrogen-bond donors (Lipinski definition) is 1. The van der Waals surface area contributed by atoms with E-state index in [2.05, 4.69) is 4.90 Å². The van der Waals surface area contributed by atoms with Crippen LogP contribution in [0.1, 0.15) is 12.8 Å². The third-order valence-electron chi connectivity index (χ3n) is 4.01. The predicted octanol–water partition coefficient (Wildman–Crippen LogP) is -1.01. The summed E-state index contributed by atoms with van der Waals surface area (Å²) >= 11 is 0. The lowest BCUT2D eigenvalue weighted by molar-refractivity contribution is -0.135. The average molecular weight is 269 g/mol. The summed E-state index contributed by atoms with van der Waals surface area (Å²) in [6.07, 6.45) is 1.29. The van der Waals surface area contributed by atoms with Gasteiger partial charge >= 0.3 is 0 Å². The number of carbonyl (C=O) groups is 2. The molecular formula is C13H23N3O3. The molecule has 2 aliphatic rings. The van der Waals surface area contributed by atoms with E-state index in [0.717, 1.165) is 26.1 Å². The van der Waals surface area contributed by atoms with E-state index in [1.165, 1.54) is 0 Å². The number of likely N-dealkylation sites (tertiary alicyclic amines) is 1. The standard InChI is InChI=1S/C13H23N3O3/c1-14-10-11(9-12(14)18)13(19)16-4-2-3-15(5-6-16)7-8-17/h11,17H,2-10H2,1H3. The van der Waals surface area contributed by atoms with Gasteiger partial charge in [-0.2, -0.15) is 0 Å². The number of nitrogens with zero attached hydrogens (tertiary/aromatic N) is 3. The van der Waals surface area contributed by atoms with E-state index in [1.807, 2.05) is 4.90 Å². The molecular weight excluding hydrogens is 246 g/mol. The minimum atomic E-state index is -0.165. The van der Waals surface area contributed by atoms with Gasteiger partial charge in [-0.05, 0) is 13.0 Å². The molecule has 2 heterocycles. The Morgan fingerprint density at radius 3 is 2.74 bits per heavy atom. The first-order valence-corrected chi connectivity index (χ1v) is 6.97. The molecule has 6 nitrogen and oxygen atoms in total. The first kappa shape index (κ1) is 14.3. The summed E-state index contributed by atoms with van der Waals surface area (Å²) in [5, 5.41) is 8.95. The quantitative estimate of drug-likeness (QED) is 0.713. The van der Waals surface area contributed by atoms with Crippen LogP contribution in [0.5, 0.6) is 0 Å². The Morgan fingerprint density at radius 2 is 2.11 bits per heavy atom. The fourth-order valence-electron chi connectivity index (χ4n) is 2.84. The number of amides is 2. The topological polar surface area (TPSA) is 64.1 Å². The van der Waals surface area contributed by atoms with E-state index in [9.17, 15) is 9.59 Å². The van der Waals surface area contributed by atoms with Crippen LogP contribution in [0.3, 0.4) is 0 Å². The number of aliphatic hydroxyl groups is 1. The van der Waals surface area contributed by atoms with Crippen LogP contribution in [0.2, 0.25) is 0 Å². The second-order valence-corrected chi connectivity index (χ2v) is 5.42. The molecule has 0 aromatic rings. The minimum absolute atomic E-state index is 0.0649. The van der Waals surface area contributed by atoms with Crippen molar-refractivity contribution in [2.45, 2.75) is 12.8 Å². The molecule has 6 heteroatoms. The van der Waals surface area contributed by atoms with Gasteiger partial charge in [0.15, 0.2) is 0 Å². The van der Waals surface area contributed by atoms with E-state index in [0.29, 0.717) is 26.1 Å². The van der Waals surface area contributed by atoms with Crippen molar-refractivity contribution in [2.24, 2.45) is 5.92 Å². The van der Waals surface area contributed by atoms with Crippen molar-refractivity contribution >= 4 is 11.8 Å². The number of aliphatic hydroxyl groups excluding tert-OH is 1. The largest absolute Gasteiger partial charge is 0.395 e. The molecule has 2 fully saturated rings. The molecule has 0 spiro atoms. The second kappa shape index (κ2) is 6.34. The molecule has 2 saturated heterocycles. The molecule has 0 saturated carbocycles. The Bertz CT molecular complexity index is 348. The van der Waals surface area contributed by atoms with Gasteiger partial charge in [-0.1, -0.05) is 0 Å². The Kier molecular flexibility index (Phi) is 4.76. The van der Waals surface area contributed by atoms with Crippen molar-refractivity contribution in [3.05, 3.63) is 0 Å². The third-order valence-corrected chi connectivity index (χ3v) is 4.01. The van der Waals surface area contributed by atoms with E-state index in [-0.39, 0.29) is 24.3 Å². The monoisotopic (exact) mass is 269 g/mol. The van der Waals surface area contributed by atoms with Gasteiger partial charge in [-0.25, -0.2) is 0 Å². The van der Waals surface area contributed by atoms with Gasteiger partial charge in [0.1, 0.15) is 0 Å². The van der Waals surface area contributed by atoms with Crippen LogP contribution >= 0.6 is 0 Å². The SMILES string of the molecule is CN1CC(C(=O)N2CCCN(CCO)CC2)CC1=O. The average Bonchev–Trinajstić information content (AvgIpc) is 2.61. The van der Waals surface area contributed by atoms with Crippen LogP contribution in [-0.2, 0) is 9.59 Å². The molecule has 1 atom stereocenters. The summed E-state index contributed by atoms with van der Waals surface area (Å²) in [7, 11) is 1.75. The van der Waals surface area contributed by atoms with Gasteiger partial charge in [0.05, 0.1) is 12.5 Å². The molecule has 1 unspecified atom stereocenters. The number of β-amino-alcohol motifs (C(OH)–C–C–N with tert-alkyl or cyclic N) is 1. The zero-order chi connectivity index (χ0) is 13.8. The fraction of sp³-hybridized carbons (Fsp3) is 0.846. The van der Waals surface area contributed by atoms with Crippen LogP contribution in [0.25, 0.3) is 0 Å². The van der Waals surface area contributed by atoms with Crippen LogP contribution < -0.4 is 0 Å². The number of hydrogen-bond acceptors (Lipinski definition) is 4. The fourth-order valence-corrected chi connectivity index (χ4v) is 2.84. The van der Waals surface area contributed by atoms with Gasteiger partial charge in [-0.3, -0.25) is 14.5 Å². The molecule has 0 radical (unpaired) electrons. The molecule has 0 aliphatic carbocycles. The number of carbonyl (C=O) groups excluding carboxylic acids is 2. The van der Waals surface area contributed by atoms with Gasteiger partial charge in [0.25, 0.3) is 0 Å². The Hall–Kier alpha value is -1.14. The van der Waals surface area contributed by atoms with Gasteiger partial charge in [-0.15, -0.1) is 0 Å². The highest BCUT2D eigenvalue weighted by Crippen LogP contribution is 2.19. The summed E-state index contributed by atoms with van der Waals surface area (Å²) in [5.41, 5.74) is 0. The summed E-state index contributed by atoms with van der Waals surface area (Å²) in [6, 6.07) is 0. The van der Waals surface area contributed by atoms with Gasteiger partial charge in [0, 0.05) is 46.2 Å². The summed E-state index contributed by atoms with van der Waals surface area (Å²) in [4.78, 5) is 29.6. The zero-order valence-corrected chi connectivity index (χ0v) is 11.5. The highest BCUT2D eigenvalue weighted by atomic mass is 16.3. The Morgan fingerprint density at radius 1 is 1.32 bits per heavy atom. The summed E-state index contributed by atoms with van der Waals surface area (Å²) in [5.74, 6) is 0.0144. The smallest absolute Gasteiger partial charge is 0.228 e. The van der Waals surface area contributed by atoms with Crippen molar-refractivity contribution in [3.8, 4) is 0 Å². The molecule has 108 valence electrons. The minimum Gasteiger partial charge on any atom is -0.395 e. The molecule has 2 amide bonds. The summed E-state index contributed by atoms with van der Waals surface area (Å²) < 4.78 is 0. The van der Waals surface area contributed by atoms with E-state index >= 15 is 0 Å². The molecule has 0 aromatic carbocycles. The van der Waals surface area contributed by atoms with Crippen molar-refractivity contribution in [1.29, 1.82) is 0 Å². The zero-order valence-electron chi connectivity index (χ0n) is 11.5. The second-order valence-electron chi connectivity index (χ2n) is 5.42. The van der Waals surface area contributed by atoms with Crippen LogP contribution in [0.4, 0.5) is 0 Å². The predicted molar refractivity (Wildman–Crippen MR) is 70.5 cm³/mol. The maximum Gasteiger partial charge on any atom is 0.228 e. The lowest BCUT2D eigenvalue weighted by atomic mass is 10.1.